The normalized spacial score (nSPS) is 10.6. The molecule has 2 heterocycles. The van der Waals surface area contributed by atoms with Crippen molar-refractivity contribution in [3.8, 4) is 0 Å². The highest BCUT2D eigenvalue weighted by Gasteiger charge is 2.15. The number of halogens is 1. The molecule has 0 aliphatic carbocycles. The molecule has 0 aromatic carbocycles. The topological polar surface area (TPSA) is 73.0 Å². The van der Waals surface area contributed by atoms with Crippen LogP contribution in [0, 0.1) is 6.92 Å². The summed E-state index contributed by atoms with van der Waals surface area (Å²) in [6.07, 6.45) is 0. The van der Waals surface area contributed by atoms with Crippen molar-refractivity contribution in [2.75, 3.05) is 11.2 Å². The van der Waals surface area contributed by atoms with Crippen LogP contribution in [0.2, 0.25) is 0 Å². The molecule has 0 saturated heterocycles. The van der Waals surface area contributed by atoms with Gasteiger partial charge in [0.25, 0.3) is 0 Å². The van der Waals surface area contributed by atoms with E-state index in [1.165, 1.54) is 11.8 Å². The van der Waals surface area contributed by atoms with Crippen molar-refractivity contribution in [1.82, 2.24) is 14.9 Å². The Labute approximate surface area is 116 Å². The van der Waals surface area contributed by atoms with Crippen LogP contribution in [0.1, 0.15) is 23.3 Å². The number of hydrogen-bond acceptors (Lipinski definition) is 5. The number of hydrogen-bond donors (Lipinski definition) is 1. The minimum absolute atomic E-state index is 0.224. The van der Waals surface area contributed by atoms with Gasteiger partial charge in [-0.3, -0.25) is 10.2 Å². The summed E-state index contributed by atoms with van der Waals surface area (Å²) in [6.45, 7) is 3.77. The molecule has 2 rings (SSSR count). The largest absolute Gasteiger partial charge is 0.444 e. The molecule has 6 nitrogen and oxygen atoms in total. The number of aryl methyl sites for hydroxylation is 1. The molecule has 2 aromatic heterocycles. The Morgan fingerprint density at radius 2 is 2.33 bits per heavy atom. The van der Waals surface area contributed by atoms with Gasteiger partial charge in [-0.25, -0.2) is 4.68 Å². The molecule has 96 valence electrons. The summed E-state index contributed by atoms with van der Waals surface area (Å²) in [5.41, 5.74) is 2.69. The van der Waals surface area contributed by atoms with Gasteiger partial charge >= 0.3 is 5.91 Å². The fourth-order valence-electron chi connectivity index (χ4n) is 1.29. The van der Waals surface area contributed by atoms with E-state index in [4.69, 9.17) is 4.42 Å². The summed E-state index contributed by atoms with van der Waals surface area (Å²) in [5.74, 6) is 1.34. The first-order valence-electron chi connectivity index (χ1n) is 5.23. The van der Waals surface area contributed by atoms with Gasteiger partial charge in [0.1, 0.15) is 5.82 Å². The molecule has 0 aliphatic heterocycles. The van der Waals surface area contributed by atoms with E-state index >= 15 is 0 Å². The summed E-state index contributed by atoms with van der Waals surface area (Å²) in [5, 5.41) is 8.55. The van der Waals surface area contributed by atoms with Gasteiger partial charge in [0.05, 0.1) is 0 Å². The molecule has 8 heteroatoms. The molecule has 0 aliphatic rings. The number of furan rings is 1. The van der Waals surface area contributed by atoms with Crippen LogP contribution in [0.5, 0.6) is 0 Å². The molecule has 0 saturated carbocycles. The van der Waals surface area contributed by atoms with Crippen LogP contribution < -0.4 is 5.43 Å². The van der Waals surface area contributed by atoms with E-state index in [-0.39, 0.29) is 11.7 Å². The Morgan fingerprint density at radius 3 is 2.94 bits per heavy atom. The number of rotatable bonds is 4. The van der Waals surface area contributed by atoms with Crippen LogP contribution in [0.15, 0.2) is 26.4 Å². The summed E-state index contributed by atoms with van der Waals surface area (Å²) in [6, 6.07) is 3.25. The van der Waals surface area contributed by atoms with Gasteiger partial charge < -0.3 is 4.42 Å². The monoisotopic (exact) mass is 330 g/mol. The standard InChI is InChI=1S/C10H11BrN4O2S/c1-3-18-10-13-12-6(2)15(10)14-9(16)7-4-5-8(11)17-7/h4-5H,3H2,1-2H3,(H,14,16). The van der Waals surface area contributed by atoms with Crippen LogP contribution in [-0.4, -0.2) is 26.5 Å². The minimum atomic E-state index is -0.346. The molecular formula is C10H11BrN4O2S. The van der Waals surface area contributed by atoms with Crippen molar-refractivity contribution in [3.05, 3.63) is 28.4 Å². The highest BCUT2D eigenvalue weighted by Crippen LogP contribution is 2.17. The van der Waals surface area contributed by atoms with Crippen molar-refractivity contribution in [3.63, 3.8) is 0 Å². The van der Waals surface area contributed by atoms with E-state index in [2.05, 4.69) is 31.6 Å². The van der Waals surface area contributed by atoms with Crippen molar-refractivity contribution < 1.29 is 9.21 Å². The number of thioether (sulfide) groups is 1. The molecule has 0 bridgehead atoms. The third-order valence-electron chi connectivity index (χ3n) is 2.08. The maximum atomic E-state index is 11.9. The average molecular weight is 331 g/mol. The number of nitrogens with one attached hydrogen (secondary N) is 1. The summed E-state index contributed by atoms with van der Waals surface area (Å²) < 4.78 is 7.24. The number of amides is 1. The van der Waals surface area contributed by atoms with Crippen LogP contribution in [0.4, 0.5) is 0 Å². The van der Waals surface area contributed by atoms with Gasteiger partial charge in [0, 0.05) is 0 Å². The van der Waals surface area contributed by atoms with E-state index < -0.39 is 0 Å². The fourth-order valence-corrected chi connectivity index (χ4v) is 2.26. The van der Waals surface area contributed by atoms with Crippen LogP contribution in [-0.2, 0) is 0 Å². The molecular weight excluding hydrogens is 320 g/mol. The van der Waals surface area contributed by atoms with E-state index in [1.54, 1.807) is 23.7 Å². The summed E-state index contributed by atoms with van der Waals surface area (Å²) in [7, 11) is 0. The maximum absolute atomic E-state index is 11.9. The Kier molecular flexibility index (Phi) is 4.07. The quantitative estimate of drug-likeness (QED) is 0.871. The van der Waals surface area contributed by atoms with Gasteiger partial charge in [-0.1, -0.05) is 18.7 Å². The van der Waals surface area contributed by atoms with Crippen molar-refractivity contribution in [2.24, 2.45) is 0 Å². The number of carbonyl (C=O) groups excluding carboxylic acids is 1. The first kappa shape index (κ1) is 13.2. The lowest BCUT2D eigenvalue weighted by Crippen LogP contribution is -2.24. The molecule has 0 radical (unpaired) electrons. The third-order valence-corrected chi connectivity index (χ3v) is 3.32. The molecule has 1 N–H and O–H groups in total. The summed E-state index contributed by atoms with van der Waals surface area (Å²) in [4.78, 5) is 11.9. The Hall–Kier alpha value is -1.28. The fraction of sp³-hybridized carbons (Fsp3) is 0.300. The Bertz CT molecular complexity index is 566. The highest BCUT2D eigenvalue weighted by molar-refractivity contribution is 9.10. The van der Waals surface area contributed by atoms with Crippen LogP contribution in [0.25, 0.3) is 0 Å². The Morgan fingerprint density at radius 1 is 1.56 bits per heavy atom. The van der Waals surface area contributed by atoms with Crippen LogP contribution in [0.3, 0.4) is 0 Å². The zero-order valence-corrected chi connectivity index (χ0v) is 12.2. The number of carbonyl (C=O) groups is 1. The molecule has 2 aromatic rings. The first-order valence-corrected chi connectivity index (χ1v) is 7.01. The van der Waals surface area contributed by atoms with Gasteiger partial charge in [-0.05, 0) is 40.7 Å². The average Bonchev–Trinajstić information content (AvgIpc) is 2.90. The van der Waals surface area contributed by atoms with E-state index in [0.717, 1.165) is 5.75 Å². The second-order valence-corrected chi connectivity index (χ2v) is 5.36. The first-order chi connectivity index (χ1) is 8.61. The van der Waals surface area contributed by atoms with Crippen molar-refractivity contribution >= 4 is 33.6 Å². The highest BCUT2D eigenvalue weighted by atomic mass is 79.9. The van der Waals surface area contributed by atoms with E-state index in [1.807, 2.05) is 6.92 Å². The Balaban J connectivity index is 2.18. The lowest BCUT2D eigenvalue weighted by molar-refractivity contribution is 0.0978. The second kappa shape index (κ2) is 5.57. The predicted octanol–water partition coefficient (Wildman–Crippen LogP) is 2.44. The van der Waals surface area contributed by atoms with Crippen molar-refractivity contribution in [2.45, 2.75) is 19.0 Å². The molecule has 0 unspecified atom stereocenters. The van der Waals surface area contributed by atoms with Crippen molar-refractivity contribution in [1.29, 1.82) is 0 Å². The maximum Gasteiger partial charge on any atom is 0.305 e. The zero-order chi connectivity index (χ0) is 13.1. The number of nitrogens with zero attached hydrogens (tertiary/aromatic N) is 3. The summed E-state index contributed by atoms with van der Waals surface area (Å²) >= 11 is 4.65. The van der Waals surface area contributed by atoms with E-state index in [0.29, 0.717) is 15.7 Å². The molecule has 1 amide bonds. The zero-order valence-electron chi connectivity index (χ0n) is 9.81. The van der Waals surface area contributed by atoms with Gasteiger partial charge in [-0.15, -0.1) is 10.2 Å². The SMILES string of the molecule is CCSc1nnc(C)n1NC(=O)c1ccc(Br)o1. The van der Waals surface area contributed by atoms with Gasteiger partial charge in [-0.2, -0.15) is 0 Å². The molecule has 0 atom stereocenters. The van der Waals surface area contributed by atoms with Crippen LogP contribution >= 0.6 is 27.7 Å². The smallest absolute Gasteiger partial charge is 0.305 e. The minimum Gasteiger partial charge on any atom is -0.444 e. The lowest BCUT2D eigenvalue weighted by atomic mass is 10.4. The van der Waals surface area contributed by atoms with Gasteiger partial charge in [0.15, 0.2) is 10.4 Å². The molecule has 0 spiro atoms. The lowest BCUT2D eigenvalue weighted by Gasteiger charge is -2.07. The predicted molar refractivity (Wildman–Crippen MR) is 71.3 cm³/mol. The van der Waals surface area contributed by atoms with Gasteiger partial charge in [0.2, 0.25) is 5.16 Å². The molecule has 18 heavy (non-hydrogen) atoms. The molecule has 0 fully saturated rings. The van der Waals surface area contributed by atoms with E-state index in [9.17, 15) is 4.79 Å². The second-order valence-electron chi connectivity index (χ2n) is 3.34. The third kappa shape index (κ3) is 2.75. The number of aromatic nitrogens is 3.